The first-order chi connectivity index (χ1) is 14.6. The van der Waals surface area contributed by atoms with E-state index in [0.29, 0.717) is 48.6 Å². The van der Waals surface area contributed by atoms with Gasteiger partial charge in [-0.15, -0.1) is 0 Å². The molecule has 0 aliphatic carbocycles. The Morgan fingerprint density at radius 1 is 1.30 bits per heavy atom. The summed E-state index contributed by atoms with van der Waals surface area (Å²) in [6.45, 7) is 2.33. The lowest BCUT2D eigenvalue weighted by molar-refractivity contribution is -0.122. The SMILES string of the molecule is O=C(Nc1nc2c(s1)CN(C(=O)c1cc3c(Cl)cccc3[nH]1)CC2)C1CCOCC1. The van der Waals surface area contributed by atoms with Crippen LogP contribution >= 0.6 is 22.9 Å². The molecule has 156 valence electrons. The maximum atomic E-state index is 13.0. The third kappa shape index (κ3) is 3.71. The zero-order valence-corrected chi connectivity index (χ0v) is 17.8. The Morgan fingerprint density at radius 3 is 2.93 bits per heavy atom. The number of thiazole rings is 1. The summed E-state index contributed by atoms with van der Waals surface area (Å²) in [4.78, 5) is 36.1. The van der Waals surface area contributed by atoms with Gasteiger partial charge in [0, 0.05) is 52.9 Å². The zero-order valence-electron chi connectivity index (χ0n) is 16.2. The summed E-state index contributed by atoms with van der Waals surface area (Å²) < 4.78 is 5.32. The maximum Gasteiger partial charge on any atom is 0.270 e. The highest BCUT2D eigenvalue weighted by Crippen LogP contribution is 2.31. The number of nitrogens with zero attached hydrogens (tertiary/aromatic N) is 2. The van der Waals surface area contributed by atoms with Crippen molar-refractivity contribution in [1.29, 1.82) is 0 Å². The van der Waals surface area contributed by atoms with Crippen LogP contribution in [0.5, 0.6) is 0 Å². The minimum absolute atomic E-state index is 0.00674. The molecule has 1 aromatic carbocycles. The number of benzene rings is 1. The molecular weight excluding hydrogens is 424 g/mol. The lowest BCUT2D eigenvalue weighted by Crippen LogP contribution is -2.35. The quantitative estimate of drug-likeness (QED) is 0.642. The highest BCUT2D eigenvalue weighted by Gasteiger charge is 2.27. The van der Waals surface area contributed by atoms with E-state index in [1.165, 1.54) is 11.3 Å². The second-order valence-corrected chi connectivity index (χ2v) is 9.12. The van der Waals surface area contributed by atoms with Crippen LogP contribution in [0.1, 0.15) is 33.9 Å². The molecule has 3 aromatic rings. The molecule has 1 saturated heterocycles. The molecule has 9 heteroatoms. The van der Waals surface area contributed by atoms with Crippen LogP contribution in [0.25, 0.3) is 10.9 Å². The minimum atomic E-state index is -0.0610. The number of ether oxygens (including phenoxy) is 1. The average molecular weight is 445 g/mol. The Kier molecular flexibility index (Phi) is 5.22. The molecule has 0 unspecified atom stereocenters. The standard InChI is InChI=1S/C21H21ClN4O3S/c22-14-2-1-3-15-13(14)10-17(23-15)20(28)26-7-4-16-18(11-26)30-21(24-16)25-19(27)12-5-8-29-9-6-12/h1-3,10,12,23H,4-9,11H2,(H,24,25,27). The zero-order chi connectivity index (χ0) is 20.7. The highest BCUT2D eigenvalue weighted by molar-refractivity contribution is 7.15. The van der Waals surface area contributed by atoms with Gasteiger partial charge in [0.1, 0.15) is 5.69 Å². The summed E-state index contributed by atoms with van der Waals surface area (Å²) in [7, 11) is 0. The summed E-state index contributed by atoms with van der Waals surface area (Å²) in [5.41, 5.74) is 2.34. The fourth-order valence-corrected chi connectivity index (χ4v) is 5.25. The van der Waals surface area contributed by atoms with Crippen molar-refractivity contribution < 1.29 is 14.3 Å². The Labute approximate surface area is 182 Å². The number of H-pyrrole nitrogens is 1. The van der Waals surface area contributed by atoms with Crippen molar-refractivity contribution in [3.63, 3.8) is 0 Å². The molecule has 2 aliphatic rings. The summed E-state index contributed by atoms with van der Waals surface area (Å²) in [5, 5.41) is 5.04. The topological polar surface area (TPSA) is 87.3 Å². The number of hydrogen-bond donors (Lipinski definition) is 2. The number of halogens is 1. The first-order valence-corrected chi connectivity index (χ1v) is 11.2. The summed E-state index contributed by atoms with van der Waals surface area (Å²) in [6.07, 6.45) is 2.16. The molecule has 4 heterocycles. The van der Waals surface area contributed by atoms with Crippen LogP contribution in [0.2, 0.25) is 5.02 Å². The van der Waals surface area contributed by atoms with Gasteiger partial charge >= 0.3 is 0 Å². The minimum Gasteiger partial charge on any atom is -0.381 e. The number of aromatic nitrogens is 2. The molecule has 0 saturated carbocycles. The first-order valence-electron chi connectivity index (χ1n) is 10.0. The lowest BCUT2D eigenvalue weighted by atomic mass is 10.00. The maximum absolute atomic E-state index is 13.0. The van der Waals surface area contributed by atoms with Crippen LogP contribution in [-0.2, 0) is 22.5 Å². The van der Waals surface area contributed by atoms with Crippen molar-refractivity contribution in [2.45, 2.75) is 25.8 Å². The summed E-state index contributed by atoms with van der Waals surface area (Å²) in [6, 6.07) is 7.38. The van der Waals surface area contributed by atoms with Crippen LogP contribution in [0.4, 0.5) is 5.13 Å². The van der Waals surface area contributed by atoms with E-state index in [0.717, 1.165) is 34.3 Å². The van der Waals surface area contributed by atoms with Crippen molar-refractivity contribution in [3.05, 3.63) is 45.6 Å². The highest BCUT2D eigenvalue weighted by atomic mass is 35.5. The second kappa shape index (κ2) is 8.02. The number of aromatic amines is 1. The van der Waals surface area contributed by atoms with Gasteiger partial charge in [0.2, 0.25) is 5.91 Å². The van der Waals surface area contributed by atoms with Gasteiger partial charge in [-0.1, -0.05) is 29.0 Å². The van der Waals surface area contributed by atoms with Crippen LogP contribution in [0.3, 0.4) is 0 Å². The van der Waals surface area contributed by atoms with Gasteiger partial charge in [-0.25, -0.2) is 4.98 Å². The molecule has 1 fully saturated rings. The number of fused-ring (bicyclic) bond motifs is 2. The Morgan fingerprint density at radius 2 is 2.13 bits per heavy atom. The molecule has 2 N–H and O–H groups in total. The number of carbonyl (C=O) groups excluding carboxylic acids is 2. The molecule has 2 aromatic heterocycles. The Balaban J connectivity index is 1.29. The number of nitrogens with one attached hydrogen (secondary N) is 2. The van der Waals surface area contributed by atoms with Gasteiger partial charge in [-0.3, -0.25) is 9.59 Å². The van der Waals surface area contributed by atoms with Crippen LogP contribution in [-0.4, -0.2) is 46.4 Å². The number of carbonyl (C=O) groups is 2. The van der Waals surface area contributed by atoms with E-state index in [4.69, 9.17) is 16.3 Å². The van der Waals surface area contributed by atoms with Gasteiger partial charge in [-0.05, 0) is 31.0 Å². The number of rotatable bonds is 3. The fourth-order valence-electron chi connectivity index (χ4n) is 3.99. The van der Waals surface area contributed by atoms with Crippen molar-refractivity contribution >= 4 is 50.8 Å². The molecule has 0 atom stereocenters. The van der Waals surface area contributed by atoms with Crippen molar-refractivity contribution in [3.8, 4) is 0 Å². The van der Waals surface area contributed by atoms with E-state index in [1.807, 2.05) is 29.2 Å². The van der Waals surface area contributed by atoms with Crippen LogP contribution < -0.4 is 5.32 Å². The normalized spacial score (nSPS) is 17.2. The Hall–Kier alpha value is -2.42. The van der Waals surface area contributed by atoms with Gasteiger partial charge in [0.25, 0.3) is 5.91 Å². The molecule has 0 spiro atoms. The summed E-state index contributed by atoms with van der Waals surface area (Å²) >= 11 is 7.69. The van der Waals surface area contributed by atoms with E-state index in [1.54, 1.807) is 0 Å². The van der Waals surface area contributed by atoms with E-state index in [9.17, 15) is 9.59 Å². The van der Waals surface area contributed by atoms with E-state index < -0.39 is 0 Å². The fraction of sp³-hybridized carbons (Fsp3) is 0.381. The second-order valence-electron chi connectivity index (χ2n) is 7.63. The lowest BCUT2D eigenvalue weighted by Gasteiger charge is -2.25. The van der Waals surface area contributed by atoms with Gasteiger partial charge in [-0.2, -0.15) is 0 Å². The smallest absolute Gasteiger partial charge is 0.270 e. The molecule has 7 nitrogen and oxygen atoms in total. The molecule has 30 heavy (non-hydrogen) atoms. The third-order valence-electron chi connectivity index (χ3n) is 5.68. The number of hydrogen-bond acceptors (Lipinski definition) is 5. The van der Waals surface area contributed by atoms with Crippen molar-refractivity contribution in [1.82, 2.24) is 14.9 Å². The molecule has 0 bridgehead atoms. The van der Waals surface area contributed by atoms with Gasteiger partial charge in [0.05, 0.1) is 12.2 Å². The molecule has 0 radical (unpaired) electrons. The van der Waals surface area contributed by atoms with E-state index in [2.05, 4.69) is 15.3 Å². The van der Waals surface area contributed by atoms with Crippen molar-refractivity contribution in [2.75, 3.05) is 25.1 Å². The van der Waals surface area contributed by atoms with Crippen LogP contribution in [0, 0.1) is 5.92 Å². The number of anilines is 1. The predicted octanol–water partition coefficient (Wildman–Crippen LogP) is 3.84. The monoisotopic (exact) mass is 444 g/mol. The van der Waals surface area contributed by atoms with Gasteiger partial charge < -0.3 is 19.9 Å². The number of amides is 2. The molecule has 2 aliphatic heterocycles. The van der Waals surface area contributed by atoms with Crippen LogP contribution in [0.15, 0.2) is 24.3 Å². The Bertz CT molecular complexity index is 1120. The van der Waals surface area contributed by atoms with E-state index in [-0.39, 0.29) is 17.7 Å². The van der Waals surface area contributed by atoms with Crippen molar-refractivity contribution in [2.24, 2.45) is 5.92 Å². The van der Waals surface area contributed by atoms with E-state index >= 15 is 0 Å². The third-order valence-corrected chi connectivity index (χ3v) is 7.01. The average Bonchev–Trinajstić information content (AvgIpc) is 3.37. The van der Waals surface area contributed by atoms with Gasteiger partial charge in [0.15, 0.2) is 5.13 Å². The largest absolute Gasteiger partial charge is 0.381 e. The molecular formula is C21H21ClN4O3S. The summed E-state index contributed by atoms with van der Waals surface area (Å²) in [5.74, 6) is -0.0759. The first kappa shape index (κ1) is 19.5. The predicted molar refractivity (Wildman–Crippen MR) is 116 cm³/mol. The molecule has 5 rings (SSSR count). The molecule has 2 amide bonds.